The number of nitrogens with zero attached hydrogens (tertiary/aromatic N) is 1. The molecule has 0 aliphatic heterocycles. The van der Waals surface area contributed by atoms with Crippen LogP contribution in [-0.4, -0.2) is 24.0 Å². The maximum absolute atomic E-state index is 11.9. The van der Waals surface area contributed by atoms with Crippen LogP contribution in [0.1, 0.15) is 32.3 Å². The van der Waals surface area contributed by atoms with Crippen molar-refractivity contribution in [3.8, 4) is 0 Å². The minimum atomic E-state index is -0.798. The van der Waals surface area contributed by atoms with E-state index in [1.165, 1.54) is 0 Å². The van der Waals surface area contributed by atoms with Crippen molar-refractivity contribution in [1.82, 2.24) is 0 Å². The van der Waals surface area contributed by atoms with Crippen LogP contribution in [0.15, 0.2) is 24.3 Å². The van der Waals surface area contributed by atoms with Crippen LogP contribution in [0.4, 0.5) is 5.69 Å². The molecule has 0 fully saturated rings. The number of aryl methyl sites for hydroxylation is 1. The molecule has 1 rings (SSSR count). The third kappa shape index (κ3) is 5.12. The van der Waals surface area contributed by atoms with Crippen LogP contribution in [0.5, 0.6) is 0 Å². The number of aliphatic carboxylic acids is 1. The van der Waals surface area contributed by atoms with E-state index in [1.54, 1.807) is 11.9 Å². The van der Waals surface area contributed by atoms with Gasteiger partial charge in [-0.25, -0.2) is 0 Å². The van der Waals surface area contributed by atoms with Crippen LogP contribution in [0.2, 0.25) is 0 Å². The lowest BCUT2D eigenvalue weighted by Crippen LogP contribution is -2.27. The van der Waals surface area contributed by atoms with Crippen molar-refractivity contribution in [2.75, 3.05) is 11.9 Å². The molecular formula is C15H21NO3. The molecule has 104 valence electrons. The van der Waals surface area contributed by atoms with Crippen LogP contribution in [-0.2, 0) is 16.0 Å². The molecule has 19 heavy (non-hydrogen) atoms. The van der Waals surface area contributed by atoms with Crippen LogP contribution in [0.3, 0.4) is 0 Å². The number of hydrogen-bond acceptors (Lipinski definition) is 2. The Kier molecular flexibility index (Phi) is 5.55. The monoisotopic (exact) mass is 263 g/mol. The number of carbonyl (C=O) groups excluding carboxylic acids is 1. The fraction of sp³-hybridized carbons (Fsp3) is 0.467. The molecule has 0 bridgehead atoms. The van der Waals surface area contributed by atoms with E-state index in [0.717, 1.165) is 11.3 Å². The maximum atomic E-state index is 11.9. The van der Waals surface area contributed by atoms with Gasteiger partial charge in [0.25, 0.3) is 0 Å². The van der Waals surface area contributed by atoms with Crippen molar-refractivity contribution in [3.63, 3.8) is 0 Å². The van der Waals surface area contributed by atoms with Gasteiger partial charge in [0.2, 0.25) is 5.91 Å². The van der Waals surface area contributed by atoms with Gasteiger partial charge >= 0.3 is 5.97 Å². The molecule has 0 unspecified atom stereocenters. The average Bonchev–Trinajstić information content (AvgIpc) is 2.35. The van der Waals surface area contributed by atoms with E-state index in [-0.39, 0.29) is 12.3 Å². The molecular weight excluding hydrogens is 242 g/mol. The smallest absolute Gasteiger partial charge is 0.303 e. The van der Waals surface area contributed by atoms with Gasteiger partial charge in [-0.1, -0.05) is 26.0 Å². The normalized spacial score (nSPS) is 10.5. The number of hydrogen-bond donors (Lipinski definition) is 1. The number of rotatable bonds is 6. The van der Waals surface area contributed by atoms with Crippen LogP contribution < -0.4 is 4.90 Å². The van der Waals surface area contributed by atoms with E-state index >= 15 is 0 Å². The molecule has 0 spiro atoms. The molecule has 1 N–H and O–H groups in total. The summed E-state index contributed by atoms with van der Waals surface area (Å²) in [6.45, 7) is 4.03. The highest BCUT2D eigenvalue weighted by Gasteiger charge is 2.12. The van der Waals surface area contributed by atoms with Gasteiger partial charge in [0, 0.05) is 25.6 Å². The SMILES string of the molecule is CC(C)CC(=O)N(C)c1ccc(CCC(=O)O)cc1. The summed E-state index contributed by atoms with van der Waals surface area (Å²) in [5.74, 6) is -0.369. The lowest BCUT2D eigenvalue weighted by atomic mass is 10.1. The van der Waals surface area contributed by atoms with Crippen molar-refractivity contribution in [2.24, 2.45) is 5.92 Å². The predicted molar refractivity (Wildman–Crippen MR) is 75.3 cm³/mol. The third-order valence-corrected chi connectivity index (χ3v) is 2.91. The minimum absolute atomic E-state index is 0.0910. The lowest BCUT2D eigenvalue weighted by Gasteiger charge is -2.18. The second-order valence-electron chi connectivity index (χ2n) is 5.11. The second kappa shape index (κ2) is 6.92. The molecule has 0 saturated carbocycles. The first-order valence-corrected chi connectivity index (χ1v) is 6.47. The highest BCUT2D eigenvalue weighted by molar-refractivity contribution is 5.92. The van der Waals surface area contributed by atoms with Crippen molar-refractivity contribution >= 4 is 17.6 Å². The highest BCUT2D eigenvalue weighted by Crippen LogP contribution is 2.17. The topological polar surface area (TPSA) is 57.6 Å². The van der Waals surface area contributed by atoms with E-state index < -0.39 is 5.97 Å². The van der Waals surface area contributed by atoms with Gasteiger partial charge in [0.05, 0.1) is 0 Å². The molecule has 0 aromatic heterocycles. The lowest BCUT2D eigenvalue weighted by molar-refractivity contribution is -0.137. The molecule has 0 radical (unpaired) electrons. The van der Waals surface area contributed by atoms with Crippen molar-refractivity contribution in [1.29, 1.82) is 0 Å². The number of amides is 1. The first kappa shape index (κ1) is 15.2. The summed E-state index contributed by atoms with van der Waals surface area (Å²) < 4.78 is 0. The van der Waals surface area contributed by atoms with Gasteiger partial charge in [-0.05, 0) is 30.0 Å². The molecule has 0 aliphatic rings. The number of anilines is 1. The molecule has 0 aliphatic carbocycles. The van der Waals surface area contributed by atoms with Crippen molar-refractivity contribution in [3.05, 3.63) is 29.8 Å². The van der Waals surface area contributed by atoms with E-state index in [9.17, 15) is 9.59 Å². The van der Waals surface area contributed by atoms with E-state index in [1.807, 2.05) is 38.1 Å². The summed E-state index contributed by atoms with van der Waals surface area (Å²) in [6, 6.07) is 7.46. The van der Waals surface area contributed by atoms with Crippen LogP contribution in [0, 0.1) is 5.92 Å². The quantitative estimate of drug-likeness (QED) is 0.858. The zero-order valence-electron chi connectivity index (χ0n) is 11.7. The number of carboxylic acid groups (broad SMARTS) is 1. The molecule has 0 heterocycles. The zero-order chi connectivity index (χ0) is 14.4. The highest BCUT2D eigenvalue weighted by atomic mass is 16.4. The standard InChI is InChI=1S/C15H21NO3/c1-11(2)10-14(17)16(3)13-7-4-12(5-8-13)6-9-15(18)19/h4-5,7-8,11H,6,9-10H2,1-3H3,(H,18,19). The van der Waals surface area contributed by atoms with Crippen LogP contribution in [0.25, 0.3) is 0 Å². The van der Waals surface area contributed by atoms with Crippen LogP contribution >= 0.6 is 0 Å². The van der Waals surface area contributed by atoms with Gasteiger partial charge < -0.3 is 10.0 Å². The number of carbonyl (C=O) groups is 2. The zero-order valence-corrected chi connectivity index (χ0v) is 11.7. The Morgan fingerprint density at radius 3 is 2.26 bits per heavy atom. The Morgan fingerprint density at radius 1 is 1.21 bits per heavy atom. The number of benzene rings is 1. The maximum Gasteiger partial charge on any atom is 0.303 e. The molecule has 4 heteroatoms. The molecule has 0 saturated heterocycles. The first-order chi connectivity index (χ1) is 8.90. The van der Waals surface area contributed by atoms with Gasteiger partial charge in [-0.15, -0.1) is 0 Å². The molecule has 1 amide bonds. The van der Waals surface area contributed by atoms with Gasteiger partial charge in [-0.3, -0.25) is 9.59 Å². The van der Waals surface area contributed by atoms with Crippen molar-refractivity contribution < 1.29 is 14.7 Å². The fourth-order valence-electron chi connectivity index (χ4n) is 1.77. The molecule has 4 nitrogen and oxygen atoms in total. The molecule has 1 aromatic rings. The second-order valence-corrected chi connectivity index (χ2v) is 5.11. The minimum Gasteiger partial charge on any atom is -0.481 e. The summed E-state index contributed by atoms with van der Waals surface area (Å²) in [5.41, 5.74) is 1.81. The Hall–Kier alpha value is -1.84. The summed E-state index contributed by atoms with van der Waals surface area (Å²) in [5, 5.41) is 8.62. The van der Waals surface area contributed by atoms with E-state index in [0.29, 0.717) is 18.8 Å². The third-order valence-electron chi connectivity index (χ3n) is 2.91. The summed E-state index contributed by atoms with van der Waals surface area (Å²) in [6.07, 6.45) is 1.16. The van der Waals surface area contributed by atoms with Crippen molar-refractivity contribution in [2.45, 2.75) is 33.1 Å². The molecule has 0 atom stereocenters. The van der Waals surface area contributed by atoms with Gasteiger partial charge in [-0.2, -0.15) is 0 Å². The summed E-state index contributed by atoms with van der Waals surface area (Å²) >= 11 is 0. The Labute approximate surface area is 114 Å². The fourth-order valence-corrected chi connectivity index (χ4v) is 1.77. The van der Waals surface area contributed by atoms with Gasteiger partial charge in [0.1, 0.15) is 0 Å². The Balaban J connectivity index is 2.64. The van der Waals surface area contributed by atoms with E-state index in [2.05, 4.69) is 0 Å². The Morgan fingerprint density at radius 2 is 1.79 bits per heavy atom. The first-order valence-electron chi connectivity index (χ1n) is 6.47. The summed E-state index contributed by atoms with van der Waals surface area (Å²) in [7, 11) is 1.76. The Bertz CT molecular complexity index is 437. The average molecular weight is 263 g/mol. The van der Waals surface area contributed by atoms with Gasteiger partial charge in [0.15, 0.2) is 0 Å². The summed E-state index contributed by atoms with van der Waals surface area (Å²) in [4.78, 5) is 24.0. The largest absolute Gasteiger partial charge is 0.481 e. The number of carboxylic acids is 1. The van der Waals surface area contributed by atoms with E-state index in [4.69, 9.17) is 5.11 Å². The predicted octanol–water partition coefficient (Wildman–Crippen LogP) is 2.71. The molecule has 1 aromatic carbocycles.